The Morgan fingerprint density at radius 1 is 1.35 bits per heavy atom. The fraction of sp³-hybridized carbons (Fsp3) is 0.333. The van der Waals surface area contributed by atoms with Gasteiger partial charge in [-0.1, -0.05) is 12.1 Å². The molecule has 1 aromatic carbocycles. The second-order valence-corrected chi connectivity index (χ2v) is 3.94. The molecule has 4 nitrogen and oxygen atoms in total. The highest BCUT2D eigenvalue weighted by molar-refractivity contribution is 5.85. The molecule has 0 saturated carbocycles. The van der Waals surface area contributed by atoms with Crippen molar-refractivity contribution in [3.63, 3.8) is 0 Å². The van der Waals surface area contributed by atoms with Gasteiger partial charge in [-0.05, 0) is 17.7 Å². The molecular weight excluding hydrogens is 240 g/mol. The molecule has 1 aliphatic rings. The predicted molar refractivity (Wildman–Crippen MR) is 65.1 cm³/mol. The van der Waals surface area contributed by atoms with Gasteiger partial charge in [0, 0.05) is 19.0 Å². The van der Waals surface area contributed by atoms with Gasteiger partial charge in [0.1, 0.15) is 0 Å². The van der Waals surface area contributed by atoms with Crippen molar-refractivity contribution in [2.75, 3.05) is 13.1 Å². The maximum Gasteiger partial charge on any atom is 0.308 e. The summed E-state index contributed by atoms with van der Waals surface area (Å²) in [4.78, 5) is 11.0. The minimum absolute atomic E-state index is 0. The molecule has 0 aliphatic carbocycles. The molecule has 0 bridgehead atoms. The Morgan fingerprint density at radius 3 is 2.53 bits per heavy atom. The van der Waals surface area contributed by atoms with Crippen LogP contribution in [0.25, 0.3) is 0 Å². The average Bonchev–Trinajstić information content (AvgIpc) is 2.78. The van der Waals surface area contributed by atoms with E-state index in [1.54, 1.807) is 12.1 Å². The van der Waals surface area contributed by atoms with Crippen LogP contribution in [0.2, 0.25) is 0 Å². The largest absolute Gasteiger partial charge is 0.481 e. The highest BCUT2D eigenvalue weighted by Crippen LogP contribution is 2.28. The Hall–Kier alpha value is -1.57. The Labute approximate surface area is 106 Å². The van der Waals surface area contributed by atoms with E-state index >= 15 is 0 Å². The molecule has 0 radical (unpaired) electrons. The smallest absolute Gasteiger partial charge is 0.308 e. The van der Waals surface area contributed by atoms with Crippen molar-refractivity contribution in [3.8, 4) is 6.07 Å². The van der Waals surface area contributed by atoms with Gasteiger partial charge in [-0.15, -0.1) is 12.4 Å². The van der Waals surface area contributed by atoms with Crippen LogP contribution in [-0.2, 0) is 4.79 Å². The van der Waals surface area contributed by atoms with Gasteiger partial charge in [0.05, 0.1) is 17.6 Å². The summed E-state index contributed by atoms with van der Waals surface area (Å²) >= 11 is 0. The molecule has 17 heavy (non-hydrogen) atoms. The Bertz CT molecular complexity index is 439. The van der Waals surface area contributed by atoms with Crippen molar-refractivity contribution in [1.29, 1.82) is 5.26 Å². The summed E-state index contributed by atoms with van der Waals surface area (Å²) in [6.07, 6.45) is 0. The van der Waals surface area contributed by atoms with Gasteiger partial charge in [-0.3, -0.25) is 4.79 Å². The van der Waals surface area contributed by atoms with Crippen LogP contribution in [0.5, 0.6) is 0 Å². The van der Waals surface area contributed by atoms with E-state index < -0.39 is 5.97 Å². The number of nitrogens with one attached hydrogen (secondary N) is 1. The second kappa shape index (κ2) is 5.67. The third kappa shape index (κ3) is 2.76. The zero-order valence-corrected chi connectivity index (χ0v) is 9.91. The Balaban J connectivity index is 0.00000144. The summed E-state index contributed by atoms with van der Waals surface area (Å²) in [6, 6.07) is 9.18. The van der Waals surface area contributed by atoms with Crippen molar-refractivity contribution >= 4 is 18.4 Å². The first-order valence-corrected chi connectivity index (χ1v) is 5.16. The maximum absolute atomic E-state index is 11.0. The molecule has 0 aromatic heterocycles. The predicted octanol–water partition coefficient (Wildman–Crippen LogP) is 1.37. The number of hydrogen-bond donors (Lipinski definition) is 2. The SMILES string of the molecule is Cl.N#Cc1ccc(C2CNCC2C(=O)O)cc1. The highest BCUT2D eigenvalue weighted by Gasteiger charge is 2.33. The van der Waals surface area contributed by atoms with Crippen molar-refractivity contribution in [3.05, 3.63) is 35.4 Å². The second-order valence-electron chi connectivity index (χ2n) is 3.94. The van der Waals surface area contributed by atoms with Gasteiger partial charge in [0.15, 0.2) is 0 Å². The number of halogens is 1. The third-order valence-electron chi connectivity index (χ3n) is 3.00. The molecule has 5 heteroatoms. The fourth-order valence-electron chi connectivity index (χ4n) is 2.09. The highest BCUT2D eigenvalue weighted by atomic mass is 35.5. The lowest BCUT2D eigenvalue weighted by Gasteiger charge is -2.14. The standard InChI is InChI=1S/C12H12N2O2.ClH/c13-5-8-1-3-9(4-2-8)10-6-14-7-11(10)12(15)16;/h1-4,10-11,14H,6-7H2,(H,15,16);1H. The summed E-state index contributed by atoms with van der Waals surface area (Å²) < 4.78 is 0. The minimum Gasteiger partial charge on any atom is -0.481 e. The molecule has 1 fully saturated rings. The molecule has 2 unspecified atom stereocenters. The maximum atomic E-state index is 11.0. The van der Waals surface area contributed by atoms with Gasteiger partial charge in [-0.2, -0.15) is 5.26 Å². The first kappa shape index (κ1) is 13.5. The van der Waals surface area contributed by atoms with Gasteiger partial charge in [0.2, 0.25) is 0 Å². The molecule has 0 amide bonds. The van der Waals surface area contributed by atoms with Crippen LogP contribution in [0.3, 0.4) is 0 Å². The number of rotatable bonds is 2. The van der Waals surface area contributed by atoms with E-state index in [9.17, 15) is 4.79 Å². The summed E-state index contributed by atoms with van der Waals surface area (Å²) in [5, 5.41) is 20.8. The van der Waals surface area contributed by atoms with E-state index in [2.05, 4.69) is 5.32 Å². The number of carboxylic acid groups (broad SMARTS) is 1. The number of carbonyl (C=O) groups is 1. The first-order chi connectivity index (χ1) is 7.72. The summed E-state index contributed by atoms with van der Waals surface area (Å²) in [6.45, 7) is 1.20. The number of nitrogens with zero attached hydrogens (tertiary/aromatic N) is 1. The van der Waals surface area contributed by atoms with Crippen molar-refractivity contribution in [2.45, 2.75) is 5.92 Å². The van der Waals surface area contributed by atoms with E-state index in [0.29, 0.717) is 18.7 Å². The lowest BCUT2D eigenvalue weighted by atomic mass is 9.89. The van der Waals surface area contributed by atoms with Crippen LogP contribution >= 0.6 is 12.4 Å². The van der Waals surface area contributed by atoms with Gasteiger partial charge in [0.25, 0.3) is 0 Å². The van der Waals surface area contributed by atoms with E-state index in [-0.39, 0.29) is 24.2 Å². The fourth-order valence-corrected chi connectivity index (χ4v) is 2.09. The van der Waals surface area contributed by atoms with E-state index in [1.807, 2.05) is 18.2 Å². The van der Waals surface area contributed by atoms with E-state index in [0.717, 1.165) is 5.56 Å². The molecule has 1 aliphatic heterocycles. The molecule has 2 rings (SSSR count). The molecule has 1 heterocycles. The van der Waals surface area contributed by atoms with Crippen LogP contribution in [0, 0.1) is 17.2 Å². The lowest BCUT2D eigenvalue weighted by molar-refractivity contribution is -0.141. The molecule has 2 N–H and O–H groups in total. The van der Waals surface area contributed by atoms with Crippen LogP contribution in [0.1, 0.15) is 17.0 Å². The van der Waals surface area contributed by atoms with Crippen LogP contribution in [0.4, 0.5) is 0 Å². The van der Waals surface area contributed by atoms with Crippen molar-refractivity contribution in [1.82, 2.24) is 5.32 Å². The van der Waals surface area contributed by atoms with Crippen LogP contribution < -0.4 is 5.32 Å². The summed E-state index contributed by atoms with van der Waals surface area (Å²) in [7, 11) is 0. The Kier molecular flexibility index (Phi) is 4.50. The first-order valence-electron chi connectivity index (χ1n) is 5.16. The zero-order valence-electron chi connectivity index (χ0n) is 9.09. The molecule has 0 spiro atoms. The van der Waals surface area contributed by atoms with Crippen LogP contribution in [-0.4, -0.2) is 24.2 Å². The number of nitriles is 1. The molecule has 90 valence electrons. The van der Waals surface area contributed by atoms with E-state index in [1.165, 1.54) is 0 Å². The Morgan fingerprint density at radius 2 is 2.00 bits per heavy atom. The number of benzene rings is 1. The number of hydrogen-bond acceptors (Lipinski definition) is 3. The van der Waals surface area contributed by atoms with Gasteiger partial charge in [-0.25, -0.2) is 0 Å². The third-order valence-corrected chi connectivity index (χ3v) is 3.00. The van der Waals surface area contributed by atoms with Gasteiger partial charge >= 0.3 is 5.97 Å². The molecule has 1 saturated heterocycles. The van der Waals surface area contributed by atoms with Crippen molar-refractivity contribution in [2.24, 2.45) is 5.92 Å². The molecular formula is C12H13ClN2O2. The van der Waals surface area contributed by atoms with Crippen molar-refractivity contribution < 1.29 is 9.90 Å². The minimum atomic E-state index is -0.764. The lowest BCUT2D eigenvalue weighted by Crippen LogP contribution is -2.20. The average molecular weight is 253 g/mol. The van der Waals surface area contributed by atoms with Gasteiger partial charge < -0.3 is 10.4 Å². The summed E-state index contributed by atoms with van der Waals surface area (Å²) in [5.74, 6) is -1.13. The molecule has 2 atom stereocenters. The molecule has 1 aromatic rings. The number of carboxylic acids is 1. The summed E-state index contributed by atoms with van der Waals surface area (Å²) in [5.41, 5.74) is 1.58. The number of aliphatic carboxylic acids is 1. The van der Waals surface area contributed by atoms with Crippen LogP contribution in [0.15, 0.2) is 24.3 Å². The normalized spacial score (nSPS) is 22.5. The monoisotopic (exact) mass is 252 g/mol. The topological polar surface area (TPSA) is 73.1 Å². The van der Waals surface area contributed by atoms with E-state index in [4.69, 9.17) is 10.4 Å². The quantitative estimate of drug-likeness (QED) is 0.834. The zero-order chi connectivity index (χ0) is 11.5.